The van der Waals surface area contributed by atoms with Gasteiger partial charge in [0, 0.05) is 6.54 Å². The predicted molar refractivity (Wildman–Crippen MR) is 80.6 cm³/mol. The minimum Gasteiger partial charge on any atom is -0.394 e. The van der Waals surface area contributed by atoms with Gasteiger partial charge >= 0.3 is 0 Å². The lowest BCUT2D eigenvalue weighted by molar-refractivity contribution is 0.0604. The molecule has 2 rings (SSSR count). The molecule has 0 aromatic carbocycles. The minimum atomic E-state index is -0.0503. The Labute approximate surface area is 123 Å². The van der Waals surface area contributed by atoms with Crippen LogP contribution in [-0.4, -0.2) is 41.7 Å². The van der Waals surface area contributed by atoms with Gasteiger partial charge in [-0.2, -0.15) is 0 Å². The number of nitrogens with zero attached hydrogens (tertiary/aromatic N) is 1. The van der Waals surface area contributed by atoms with E-state index >= 15 is 0 Å². The van der Waals surface area contributed by atoms with Gasteiger partial charge in [-0.15, -0.1) is 11.3 Å². The van der Waals surface area contributed by atoms with E-state index in [-0.39, 0.29) is 18.6 Å². The molecule has 0 spiro atoms. The number of rotatable bonds is 2. The van der Waals surface area contributed by atoms with Crippen molar-refractivity contribution in [3.63, 3.8) is 0 Å². The second-order valence-corrected chi connectivity index (χ2v) is 5.94. The fourth-order valence-corrected chi connectivity index (χ4v) is 3.27. The SMILES string of the molecule is NCC#Cc1ccc(C(=O)N2CCCCCC2CO)s1. The van der Waals surface area contributed by atoms with Gasteiger partial charge in [0.2, 0.25) is 0 Å². The molecule has 0 saturated carbocycles. The molecule has 1 saturated heterocycles. The maximum atomic E-state index is 12.6. The first-order valence-electron chi connectivity index (χ1n) is 6.97. The Morgan fingerprint density at radius 2 is 2.30 bits per heavy atom. The second kappa shape index (κ2) is 7.44. The van der Waals surface area contributed by atoms with Gasteiger partial charge in [0.15, 0.2) is 0 Å². The van der Waals surface area contributed by atoms with Crippen molar-refractivity contribution < 1.29 is 9.90 Å². The van der Waals surface area contributed by atoms with Gasteiger partial charge in [0.1, 0.15) is 0 Å². The number of aliphatic hydroxyl groups is 1. The number of aliphatic hydroxyl groups excluding tert-OH is 1. The Morgan fingerprint density at radius 1 is 1.45 bits per heavy atom. The summed E-state index contributed by atoms with van der Waals surface area (Å²) >= 11 is 1.39. The largest absolute Gasteiger partial charge is 0.394 e. The van der Waals surface area contributed by atoms with Crippen LogP contribution in [0.1, 0.15) is 40.2 Å². The van der Waals surface area contributed by atoms with Crippen LogP contribution >= 0.6 is 11.3 Å². The molecule has 1 amide bonds. The van der Waals surface area contributed by atoms with Crippen LogP contribution in [0.25, 0.3) is 0 Å². The van der Waals surface area contributed by atoms with Crippen LogP contribution in [0.3, 0.4) is 0 Å². The summed E-state index contributed by atoms with van der Waals surface area (Å²) in [5, 5.41) is 9.48. The van der Waals surface area contributed by atoms with Crippen molar-refractivity contribution in [3.8, 4) is 11.8 Å². The van der Waals surface area contributed by atoms with E-state index < -0.39 is 0 Å². The Morgan fingerprint density at radius 3 is 3.05 bits per heavy atom. The van der Waals surface area contributed by atoms with Crippen LogP contribution in [0.4, 0.5) is 0 Å². The highest BCUT2D eigenvalue weighted by Crippen LogP contribution is 2.23. The number of hydrogen-bond donors (Lipinski definition) is 2. The Hall–Kier alpha value is -1.35. The van der Waals surface area contributed by atoms with Crippen molar-refractivity contribution in [1.29, 1.82) is 0 Å². The quantitative estimate of drug-likeness (QED) is 0.811. The molecule has 0 bridgehead atoms. The van der Waals surface area contributed by atoms with Crippen LogP contribution in [-0.2, 0) is 0 Å². The van der Waals surface area contributed by atoms with Crippen molar-refractivity contribution >= 4 is 17.2 Å². The van der Waals surface area contributed by atoms with Gasteiger partial charge in [0.05, 0.1) is 28.9 Å². The van der Waals surface area contributed by atoms with E-state index in [1.165, 1.54) is 11.3 Å². The molecule has 20 heavy (non-hydrogen) atoms. The van der Waals surface area contributed by atoms with E-state index in [1.54, 1.807) is 0 Å². The van der Waals surface area contributed by atoms with Crippen LogP contribution < -0.4 is 5.73 Å². The van der Waals surface area contributed by atoms with Gasteiger partial charge in [-0.05, 0) is 25.0 Å². The zero-order valence-corrected chi connectivity index (χ0v) is 12.3. The third-order valence-electron chi connectivity index (χ3n) is 3.48. The van der Waals surface area contributed by atoms with Crippen molar-refractivity contribution in [2.45, 2.75) is 31.7 Å². The molecule has 1 aromatic heterocycles. The molecule has 0 aliphatic carbocycles. The number of amides is 1. The first-order valence-corrected chi connectivity index (χ1v) is 7.78. The maximum Gasteiger partial charge on any atom is 0.264 e. The van der Waals surface area contributed by atoms with Crippen molar-refractivity contribution in [2.75, 3.05) is 19.7 Å². The average Bonchev–Trinajstić information content (AvgIpc) is 2.81. The Balaban J connectivity index is 2.14. The zero-order valence-electron chi connectivity index (χ0n) is 11.5. The number of carbonyl (C=O) groups excluding carboxylic acids is 1. The number of hydrogen-bond acceptors (Lipinski definition) is 4. The van der Waals surface area contributed by atoms with E-state index in [1.807, 2.05) is 17.0 Å². The van der Waals surface area contributed by atoms with Crippen LogP contribution in [0.2, 0.25) is 0 Å². The van der Waals surface area contributed by atoms with Crippen LogP contribution in [0.15, 0.2) is 12.1 Å². The predicted octanol–water partition coefficient (Wildman–Crippen LogP) is 1.44. The first kappa shape index (κ1) is 15.0. The first-order chi connectivity index (χ1) is 9.76. The summed E-state index contributed by atoms with van der Waals surface area (Å²) < 4.78 is 0. The molecule has 0 radical (unpaired) electrons. The molecule has 1 aliphatic rings. The molecule has 1 atom stereocenters. The lowest BCUT2D eigenvalue weighted by atomic mass is 10.1. The molecular formula is C15H20N2O2S. The minimum absolute atomic E-state index is 0.0109. The topological polar surface area (TPSA) is 66.6 Å². The average molecular weight is 292 g/mol. The summed E-state index contributed by atoms with van der Waals surface area (Å²) in [5.41, 5.74) is 5.34. The lowest BCUT2D eigenvalue weighted by Gasteiger charge is -2.28. The molecule has 4 nitrogen and oxygen atoms in total. The smallest absolute Gasteiger partial charge is 0.264 e. The molecule has 1 unspecified atom stereocenters. The third-order valence-corrected chi connectivity index (χ3v) is 4.47. The molecule has 108 valence electrons. The lowest BCUT2D eigenvalue weighted by Crippen LogP contribution is -2.41. The van der Waals surface area contributed by atoms with Gasteiger partial charge in [-0.3, -0.25) is 4.79 Å². The number of carbonyl (C=O) groups is 1. The van der Waals surface area contributed by atoms with E-state index in [4.69, 9.17) is 5.73 Å². The Kier molecular flexibility index (Phi) is 5.60. The van der Waals surface area contributed by atoms with Crippen molar-refractivity contribution in [2.24, 2.45) is 5.73 Å². The van der Waals surface area contributed by atoms with Gasteiger partial charge < -0.3 is 15.7 Å². The van der Waals surface area contributed by atoms with Gasteiger partial charge in [-0.25, -0.2) is 0 Å². The highest BCUT2D eigenvalue weighted by atomic mass is 32.1. The molecule has 1 fully saturated rings. The van der Waals surface area contributed by atoms with Gasteiger partial charge in [-0.1, -0.05) is 24.7 Å². The second-order valence-electron chi connectivity index (χ2n) is 4.85. The van der Waals surface area contributed by atoms with E-state index in [2.05, 4.69) is 11.8 Å². The fourth-order valence-electron chi connectivity index (χ4n) is 2.43. The van der Waals surface area contributed by atoms with E-state index in [0.29, 0.717) is 11.4 Å². The number of nitrogens with two attached hydrogens (primary N) is 1. The monoisotopic (exact) mass is 292 g/mol. The number of likely N-dealkylation sites (tertiary alicyclic amines) is 1. The highest BCUT2D eigenvalue weighted by Gasteiger charge is 2.26. The van der Waals surface area contributed by atoms with Crippen LogP contribution in [0, 0.1) is 11.8 Å². The maximum absolute atomic E-state index is 12.6. The van der Waals surface area contributed by atoms with Crippen molar-refractivity contribution in [3.05, 3.63) is 21.9 Å². The van der Waals surface area contributed by atoms with E-state index in [9.17, 15) is 9.90 Å². The summed E-state index contributed by atoms with van der Waals surface area (Å²) in [6, 6.07) is 3.62. The molecule has 1 aromatic rings. The summed E-state index contributed by atoms with van der Waals surface area (Å²) in [6.07, 6.45) is 4.09. The van der Waals surface area contributed by atoms with E-state index in [0.717, 1.165) is 37.1 Å². The number of thiophene rings is 1. The summed E-state index contributed by atoms with van der Waals surface area (Å²) in [7, 11) is 0. The summed E-state index contributed by atoms with van der Waals surface area (Å²) in [5.74, 6) is 5.74. The fraction of sp³-hybridized carbons (Fsp3) is 0.533. The standard InChI is InChI=1S/C15H20N2O2S/c16-9-4-6-13-7-8-14(20-13)15(19)17-10-3-1-2-5-12(17)11-18/h7-8,12,18H,1-3,5,9-11,16H2. The normalized spacial score (nSPS) is 19.1. The molecule has 2 heterocycles. The molecule has 1 aliphatic heterocycles. The van der Waals surface area contributed by atoms with Gasteiger partial charge in [0.25, 0.3) is 5.91 Å². The highest BCUT2D eigenvalue weighted by molar-refractivity contribution is 7.14. The third kappa shape index (κ3) is 3.60. The van der Waals surface area contributed by atoms with Crippen molar-refractivity contribution in [1.82, 2.24) is 4.90 Å². The van der Waals surface area contributed by atoms with Crippen LogP contribution in [0.5, 0.6) is 0 Å². The molecular weight excluding hydrogens is 272 g/mol. The summed E-state index contributed by atoms with van der Waals surface area (Å²) in [6.45, 7) is 1.09. The molecule has 3 N–H and O–H groups in total. The zero-order chi connectivity index (χ0) is 14.4. The Bertz CT molecular complexity index is 515. The molecule has 5 heteroatoms. The summed E-state index contributed by atoms with van der Waals surface area (Å²) in [4.78, 5) is 15.9.